The molecule has 1 heterocycles. The molecular formula is C52H68N10O13. The standard InChI is InChI=1S/C52H68N10O13/c1-28(2)21-38(58-43(65)27-55-42(64)26-56-47(69)36(53)19-20-44(66)67)50(72)62-45(29(3)4)51(73)60-40(24-33-25-54-37-14-10-9-13-35(33)37)49(71)59-39(22-31-11-7-6-8-12-31)48(70)57-30(5)46(68)61-41(52(74)75)23-32-15-17-34(63)18-16-32/h6-18,25,28-30,36,38-41,45,54,63H,19-24,26-27,53H2,1-5H3,(H,55,64)(H,56,69)(H,57,70)(H,58,65)(H,59,71)(H,60,73)(H,61,68)(H,62,72)(H,66,67)(H,74,75)/t30-,36-,38-,39-,40-,41-,45-/m0/s1. The number of aromatic nitrogens is 1. The second kappa shape index (κ2) is 28.8. The van der Waals surface area contributed by atoms with Crippen LogP contribution in [0.15, 0.2) is 85.1 Å². The van der Waals surface area contributed by atoms with Crippen LogP contribution in [0.4, 0.5) is 0 Å². The number of phenols is 1. The van der Waals surface area contributed by atoms with Gasteiger partial charge < -0.3 is 68.6 Å². The average molecular weight is 1040 g/mol. The van der Waals surface area contributed by atoms with Crippen LogP contribution in [0.5, 0.6) is 5.75 Å². The maximum atomic E-state index is 14.6. The van der Waals surface area contributed by atoms with Crippen molar-refractivity contribution in [3.8, 4) is 5.75 Å². The van der Waals surface area contributed by atoms with E-state index in [1.807, 2.05) is 18.2 Å². The third-order valence-corrected chi connectivity index (χ3v) is 11.9. The highest BCUT2D eigenvalue weighted by atomic mass is 16.4. The zero-order chi connectivity index (χ0) is 55.4. The van der Waals surface area contributed by atoms with Gasteiger partial charge >= 0.3 is 11.9 Å². The molecular weight excluding hydrogens is 973 g/mol. The van der Waals surface area contributed by atoms with Crippen molar-refractivity contribution in [1.82, 2.24) is 47.5 Å². The van der Waals surface area contributed by atoms with Crippen molar-refractivity contribution in [3.05, 3.63) is 102 Å². The average Bonchev–Trinajstić information content (AvgIpc) is 3.77. The number of benzene rings is 3. The molecule has 0 saturated carbocycles. The highest BCUT2D eigenvalue weighted by Crippen LogP contribution is 2.20. The summed E-state index contributed by atoms with van der Waals surface area (Å²) in [4.78, 5) is 134. The SMILES string of the molecule is CC(C)C[C@H](NC(=O)CNC(=O)CNC(=O)[C@@H](N)CCC(=O)O)C(=O)N[C@H](C(=O)N[C@@H](Cc1c[nH]c2ccccc12)C(=O)N[C@@H](Cc1ccccc1)C(=O)N[C@@H](C)C(=O)N[C@@H](Cc1ccc(O)cc1)C(=O)O)C(C)C. The number of nitrogens with two attached hydrogens (primary N) is 1. The zero-order valence-corrected chi connectivity index (χ0v) is 42.4. The number of amides is 8. The Morgan fingerprint density at radius 3 is 1.76 bits per heavy atom. The van der Waals surface area contributed by atoms with Gasteiger partial charge in [0.25, 0.3) is 0 Å². The number of rotatable bonds is 29. The minimum absolute atomic E-state index is 0.0260. The van der Waals surface area contributed by atoms with Gasteiger partial charge in [-0.15, -0.1) is 0 Å². The third kappa shape index (κ3) is 19.6. The number of carboxylic acid groups (broad SMARTS) is 2. The van der Waals surface area contributed by atoms with Gasteiger partial charge in [0.1, 0.15) is 42.0 Å². The van der Waals surface area contributed by atoms with E-state index in [0.717, 1.165) is 10.9 Å². The molecule has 75 heavy (non-hydrogen) atoms. The Labute approximate surface area is 433 Å². The van der Waals surface area contributed by atoms with Crippen molar-refractivity contribution in [2.75, 3.05) is 13.1 Å². The Morgan fingerprint density at radius 2 is 1.12 bits per heavy atom. The lowest BCUT2D eigenvalue weighted by molar-refractivity contribution is -0.142. The van der Waals surface area contributed by atoms with E-state index < -0.39 is 120 Å². The summed E-state index contributed by atoms with van der Waals surface area (Å²) in [5.74, 6) is -9.50. The summed E-state index contributed by atoms with van der Waals surface area (Å²) in [6.07, 6.45) is 0.980. The van der Waals surface area contributed by atoms with Crippen molar-refractivity contribution in [2.24, 2.45) is 17.6 Å². The van der Waals surface area contributed by atoms with E-state index in [1.54, 1.807) is 70.3 Å². The van der Waals surface area contributed by atoms with Crippen LogP contribution in [0, 0.1) is 11.8 Å². The van der Waals surface area contributed by atoms with E-state index in [4.69, 9.17) is 10.8 Å². The summed E-state index contributed by atoms with van der Waals surface area (Å²) in [6.45, 7) is 7.11. The fourth-order valence-corrected chi connectivity index (χ4v) is 7.75. The molecule has 4 aromatic rings. The van der Waals surface area contributed by atoms with E-state index >= 15 is 0 Å². The number of hydrogen-bond donors (Lipinski definition) is 13. The molecule has 0 aliphatic rings. The predicted molar refractivity (Wildman–Crippen MR) is 274 cm³/mol. The first-order valence-corrected chi connectivity index (χ1v) is 24.4. The number of aliphatic carboxylic acids is 2. The Balaban J connectivity index is 1.52. The number of nitrogens with one attached hydrogen (secondary N) is 9. The number of carbonyl (C=O) groups is 10. The van der Waals surface area contributed by atoms with Gasteiger partial charge in [-0.05, 0) is 66.5 Å². The molecule has 0 fully saturated rings. The summed E-state index contributed by atoms with van der Waals surface area (Å²) in [7, 11) is 0. The Hall–Kier alpha value is -8.34. The van der Waals surface area contributed by atoms with Crippen molar-refractivity contribution in [2.45, 2.75) is 115 Å². The first-order chi connectivity index (χ1) is 35.5. The van der Waals surface area contributed by atoms with Gasteiger partial charge in [-0.1, -0.05) is 88.4 Å². The minimum Gasteiger partial charge on any atom is -0.508 e. The molecule has 8 amide bonds. The smallest absolute Gasteiger partial charge is 0.326 e. The fraction of sp³-hybridized carbons (Fsp3) is 0.423. The van der Waals surface area contributed by atoms with Gasteiger partial charge in [-0.25, -0.2) is 4.79 Å². The first-order valence-electron chi connectivity index (χ1n) is 24.4. The normalized spacial score (nSPS) is 13.9. The lowest BCUT2D eigenvalue weighted by atomic mass is 9.98. The first kappa shape index (κ1) is 59.2. The molecule has 23 heteroatoms. The Bertz CT molecular complexity index is 2640. The summed E-state index contributed by atoms with van der Waals surface area (Å²) in [5, 5.41) is 49.5. The summed E-state index contributed by atoms with van der Waals surface area (Å²) < 4.78 is 0. The Kier molecular flexibility index (Phi) is 22.7. The molecule has 7 atom stereocenters. The van der Waals surface area contributed by atoms with Crippen LogP contribution in [0.1, 0.15) is 70.6 Å². The van der Waals surface area contributed by atoms with E-state index in [2.05, 4.69) is 47.5 Å². The molecule has 0 bridgehead atoms. The number of carbonyl (C=O) groups excluding carboxylic acids is 8. The number of phenolic OH excluding ortho intramolecular Hbond substituents is 1. The monoisotopic (exact) mass is 1040 g/mol. The molecule has 0 aliphatic carbocycles. The molecule has 3 aromatic carbocycles. The molecule has 0 saturated heterocycles. The lowest BCUT2D eigenvalue weighted by Crippen LogP contribution is -2.61. The maximum absolute atomic E-state index is 14.6. The number of carboxylic acids is 2. The number of aromatic amines is 1. The van der Waals surface area contributed by atoms with Crippen molar-refractivity contribution >= 4 is 70.1 Å². The fourth-order valence-electron chi connectivity index (χ4n) is 7.75. The molecule has 23 nitrogen and oxygen atoms in total. The Morgan fingerprint density at radius 1 is 0.560 bits per heavy atom. The minimum atomic E-state index is -1.39. The molecule has 0 aliphatic heterocycles. The molecule has 404 valence electrons. The van der Waals surface area contributed by atoms with Crippen LogP contribution in [0.3, 0.4) is 0 Å². The summed E-state index contributed by atoms with van der Waals surface area (Å²) in [5.41, 5.74) is 8.17. The number of H-pyrrole nitrogens is 1. The molecule has 0 unspecified atom stereocenters. The van der Waals surface area contributed by atoms with Crippen molar-refractivity contribution in [1.29, 1.82) is 0 Å². The predicted octanol–water partition coefficient (Wildman–Crippen LogP) is 0.0413. The van der Waals surface area contributed by atoms with E-state index in [9.17, 15) is 58.2 Å². The molecule has 14 N–H and O–H groups in total. The number of aromatic hydroxyl groups is 1. The zero-order valence-electron chi connectivity index (χ0n) is 42.4. The number of para-hydroxylation sites is 1. The van der Waals surface area contributed by atoms with Gasteiger partial charge in [0.2, 0.25) is 47.3 Å². The highest BCUT2D eigenvalue weighted by molar-refractivity contribution is 5.98. The highest BCUT2D eigenvalue weighted by Gasteiger charge is 2.35. The van der Waals surface area contributed by atoms with Gasteiger partial charge in [-0.3, -0.25) is 43.2 Å². The quantitative estimate of drug-likeness (QED) is 0.0342. The van der Waals surface area contributed by atoms with E-state index in [-0.39, 0.29) is 50.2 Å². The number of fused-ring (bicyclic) bond motifs is 1. The molecule has 0 radical (unpaired) electrons. The topological polar surface area (TPSA) is 369 Å². The largest absolute Gasteiger partial charge is 0.508 e. The van der Waals surface area contributed by atoms with Crippen LogP contribution in [0.2, 0.25) is 0 Å². The van der Waals surface area contributed by atoms with Gasteiger partial charge in [0.05, 0.1) is 19.1 Å². The third-order valence-electron chi connectivity index (χ3n) is 11.9. The van der Waals surface area contributed by atoms with Crippen LogP contribution in [-0.4, -0.2) is 135 Å². The molecule has 0 spiro atoms. The van der Waals surface area contributed by atoms with Crippen LogP contribution in [0.25, 0.3) is 10.9 Å². The second-order valence-electron chi connectivity index (χ2n) is 18.9. The van der Waals surface area contributed by atoms with Gasteiger partial charge in [0.15, 0.2) is 0 Å². The van der Waals surface area contributed by atoms with Crippen molar-refractivity contribution < 1.29 is 63.3 Å². The summed E-state index contributed by atoms with van der Waals surface area (Å²) in [6, 6.07) is 12.7. The van der Waals surface area contributed by atoms with Crippen LogP contribution < -0.4 is 48.3 Å². The maximum Gasteiger partial charge on any atom is 0.326 e. The molecule has 1 aromatic heterocycles. The van der Waals surface area contributed by atoms with Crippen LogP contribution in [-0.2, 0) is 67.2 Å². The lowest BCUT2D eigenvalue weighted by Gasteiger charge is -2.29. The van der Waals surface area contributed by atoms with Gasteiger partial charge in [0, 0.05) is 42.8 Å². The molecule has 4 rings (SSSR count). The van der Waals surface area contributed by atoms with E-state index in [0.29, 0.717) is 16.7 Å². The van der Waals surface area contributed by atoms with Gasteiger partial charge in [-0.2, -0.15) is 0 Å². The number of hydrogen-bond acceptors (Lipinski definition) is 12. The van der Waals surface area contributed by atoms with Crippen LogP contribution >= 0.6 is 0 Å². The summed E-state index contributed by atoms with van der Waals surface area (Å²) >= 11 is 0. The van der Waals surface area contributed by atoms with E-state index in [1.165, 1.54) is 31.2 Å². The van der Waals surface area contributed by atoms with Crippen molar-refractivity contribution in [3.63, 3.8) is 0 Å². The second-order valence-corrected chi connectivity index (χ2v) is 18.9.